The number of nitrogens with two attached hydrogens (primary N) is 2. The van der Waals surface area contributed by atoms with Crippen LogP contribution in [0.25, 0.3) is 0 Å². The molecule has 4 N–H and O–H groups in total. The lowest BCUT2D eigenvalue weighted by atomic mass is 9.95. The van der Waals surface area contributed by atoms with Gasteiger partial charge in [-0.3, -0.25) is 9.89 Å². The van der Waals surface area contributed by atoms with Gasteiger partial charge in [-0.25, -0.2) is 0 Å². The summed E-state index contributed by atoms with van der Waals surface area (Å²) in [5.74, 6) is 0. The van der Waals surface area contributed by atoms with Crippen LogP contribution in [-0.2, 0) is 0 Å². The number of benzene rings is 2. The molecule has 0 amide bonds. The van der Waals surface area contributed by atoms with E-state index in [1.165, 1.54) is 11.1 Å². The SMILES string of the molecule is CCC(C)N1C(c2ccc(N)cc2)CC=NC1c1ccc(N)cc1. The number of hydrogen-bond acceptors (Lipinski definition) is 4. The molecule has 0 saturated heterocycles. The fourth-order valence-electron chi connectivity index (χ4n) is 3.34. The maximum atomic E-state index is 5.86. The summed E-state index contributed by atoms with van der Waals surface area (Å²) in [4.78, 5) is 7.32. The van der Waals surface area contributed by atoms with Gasteiger partial charge < -0.3 is 11.5 Å². The highest BCUT2D eigenvalue weighted by Gasteiger charge is 2.33. The van der Waals surface area contributed by atoms with Crippen LogP contribution in [0.5, 0.6) is 0 Å². The third kappa shape index (κ3) is 3.29. The lowest BCUT2D eigenvalue weighted by molar-refractivity contribution is 0.0815. The topological polar surface area (TPSA) is 67.6 Å². The van der Waals surface area contributed by atoms with Gasteiger partial charge in [-0.1, -0.05) is 31.2 Å². The monoisotopic (exact) mass is 322 g/mol. The highest BCUT2D eigenvalue weighted by Crippen LogP contribution is 2.39. The zero-order chi connectivity index (χ0) is 17.1. The Kier molecular flexibility index (Phi) is 4.86. The summed E-state index contributed by atoms with van der Waals surface area (Å²) in [5, 5.41) is 0. The van der Waals surface area contributed by atoms with Crippen molar-refractivity contribution in [3.8, 4) is 0 Å². The molecular weight excluding hydrogens is 296 g/mol. The molecule has 24 heavy (non-hydrogen) atoms. The summed E-state index contributed by atoms with van der Waals surface area (Å²) in [6.07, 6.45) is 4.07. The average molecular weight is 322 g/mol. The second-order valence-corrected chi connectivity index (χ2v) is 6.49. The molecule has 4 heteroatoms. The maximum Gasteiger partial charge on any atom is 0.128 e. The Morgan fingerprint density at radius 3 is 2.08 bits per heavy atom. The Morgan fingerprint density at radius 1 is 1.00 bits per heavy atom. The van der Waals surface area contributed by atoms with E-state index in [9.17, 15) is 0 Å². The van der Waals surface area contributed by atoms with Crippen molar-refractivity contribution in [2.45, 2.75) is 44.9 Å². The van der Waals surface area contributed by atoms with Gasteiger partial charge in [0.25, 0.3) is 0 Å². The first-order chi connectivity index (χ1) is 11.6. The van der Waals surface area contributed by atoms with E-state index in [1.54, 1.807) is 0 Å². The standard InChI is InChI=1S/C20H26N4/c1-3-14(2)24-19(15-4-8-17(21)9-5-15)12-13-23-20(24)16-6-10-18(22)11-7-16/h4-11,13-14,19-20H,3,12,21-22H2,1-2H3. The number of rotatable bonds is 4. The van der Waals surface area contributed by atoms with E-state index in [2.05, 4.69) is 49.2 Å². The summed E-state index contributed by atoms with van der Waals surface area (Å²) >= 11 is 0. The average Bonchev–Trinajstić information content (AvgIpc) is 2.62. The Bertz CT molecular complexity index is 691. The van der Waals surface area contributed by atoms with Gasteiger partial charge in [-0.2, -0.15) is 0 Å². The summed E-state index contributed by atoms with van der Waals surface area (Å²) in [5.41, 5.74) is 15.8. The summed E-state index contributed by atoms with van der Waals surface area (Å²) < 4.78 is 0. The minimum absolute atomic E-state index is 0.0249. The van der Waals surface area contributed by atoms with Crippen LogP contribution in [0.15, 0.2) is 53.5 Å². The van der Waals surface area contributed by atoms with Gasteiger partial charge >= 0.3 is 0 Å². The van der Waals surface area contributed by atoms with Crippen LogP contribution in [-0.4, -0.2) is 17.2 Å². The van der Waals surface area contributed by atoms with E-state index in [0.29, 0.717) is 12.1 Å². The molecular formula is C20H26N4. The fraction of sp³-hybridized carbons (Fsp3) is 0.350. The Morgan fingerprint density at radius 2 is 1.54 bits per heavy atom. The zero-order valence-electron chi connectivity index (χ0n) is 14.4. The Labute approximate surface area is 144 Å². The minimum atomic E-state index is 0.0249. The molecule has 0 spiro atoms. The fourth-order valence-corrected chi connectivity index (χ4v) is 3.34. The first-order valence-corrected chi connectivity index (χ1v) is 8.60. The Balaban J connectivity index is 1.99. The largest absolute Gasteiger partial charge is 0.399 e. The van der Waals surface area contributed by atoms with E-state index >= 15 is 0 Å². The molecule has 3 rings (SSSR count). The molecule has 0 bridgehead atoms. The summed E-state index contributed by atoms with van der Waals surface area (Å²) in [7, 11) is 0. The van der Waals surface area contributed by atoms with Gasteiger partial charge in [0, 0.05) is 36.1 Å². The van der Waals surface area contributed by atoms with Crippen LogP contribution in [0.3, 0.4) is 0 Å². The van der Waals surface area contributed by atoms with E-state index in [0.717, 1.165) is 24.2 Å². The summed E-state index contributed by atoms with van der Waals surface area (Å²) in [6, 6.07) is 17.0. The van der Waals surface area contributed by atoms with Crippen molar-refractivity contribution in [2.24, 2.45) is 4.99 Å². The minimum Gasteiger partial charge on any atom is -0.399 e. The zero-order valence-corrected chi connectivity index (χ0v) is 14.4. The van der Waals surface area contributed by atoms with Gasteiger partial charge in [0.05, 0.1) is 0 Å². The van der Waals surface area contributed by atoms with Crippen LogP contribution in [0.1, 0.15) is 50.0 Å². The molecule has 0 radical (unpaired) electrons. The molecule has 0 aromatic heterocycles. The number of aliphatic imine (C=N–C) groups is 1. The van der Waals surface area contributed by atoms with Crippen molar-refractivity contribution in [1.82, 2.24) is 4.90 Å². The van der Waals surface area contributed by atoms with E-state index in [-0.39, 0.29) is 6.17 Å². The number of hydrogen-bond donors (Lipinski definition) is 2. The molecule has 1 heterocycles. The summed E-state index contributed by atoms with van der Waals surface area (Å²) in [6.45, 7) is 4.50. The van der Waals surface area contributed by atoms with Crippen molar-refractivity contribution >= 4 is 17.6 Å². The quantitative estimate of drug-likeness (QED) is 0.830. The van der Waals surface area contributed by atoms with Crippen LogP contribution in [0, 0.1) is 0 Å². The third-order valence-electron chi connectivity index (χ3n) is 4.87. The van der Waals surface area contributed by atoms with Crippen LogP contribution in [0.4, 0.5) is 11.4 Å². The first kappa shape index (κ1) is 16.5. The smallest absolute Gasteiger partial charge is 0.128 e. The number of nitrogen functional groups attached to an aromatic ring is 2. The number of nitrogens with zero attached hydrogens (tertiary/aromatic N) is 2. The highest BCUT2D eigenvalue weighted by molar-refractivity contribution is 5.61. The van der Waals surface area contributed by atoms with Crippen molar-refractivity contribution in [3.63, 3.8) is 0 Å². The molecule has 2 aromatic rings. The molecule has 3 atom stereocenters. The molecule has 1 aliphatic rings. The molecule has 1 aliphatic heterocycles. The maximum absolute atomic E-state index is 5.86. The molecule has 2 aromatic carbocycles. The molecule has 0 aliphatic carbocycles. The van der Waals surface area contributed by atoms with Gasteiger partial charge in [0.15, 0.2) is 0 Å². The van der Waals surface area contributed by atoms with Crippen molar-refractivity contribution in [2.75, 3.05) is 11.5 Å². The van der Waals surface area contributed by atoms with Crippen molar-refractivity contribution in [1.29, 1.82) is 0 Å². The lowest BCUT2D eigenvalue weighted by Crippen LogP contribution is -2.41. The van der Waals surface area contributed by atoms with E-state index < -0.39 is 0 Å². The second kappa shape index (κ2) is 7.05. The molecule has 0 saturated carbocycles. The van der Waals surface area contributed by atoms with Crippen LogP contribution in [0.2, 0.25) is 0 Å². The van der Waals surface area contributed by atoms with Crippen LogP contribution < -0.4 is 11.5 Å². The third-order valence-corrected chi connectivity index (χ3v) is 4.87. The normalized spacial score (nSPS) is 22.4. The number of anilines is 2. The molecule has 4 nitrogen and oxygen atoms in total. The van der Waals surface area contributed by atoms with E-state index in [1.807, 2.05) is 24.3 Å². The van der Waals surface area contributed by atoms with Gasteiger partial charge in [-0.05, 0) is 48.7 Å². The predicted octanol–water partition coefficient (Wildman–Crippen LogP) is 4.17. The van der Waals surface area contributed by atoms with E-state index in [4.69, 9.17) is 16.5 Å². The molecule has 3 unspecified atom stereocenters. The van der Waals surface area contributed by atoms with Gasteiger partial charge in [0.2, 0.25) is 0 Å². The second-order valence-electron chi connectivity index (χ2n) is 6.49. The molecule has 126 valence electrons. The van der Waals surface area contributed by atoms with Gasteiger partial charge in [0.1, 0.15) is 6.17 Å². The Hall–Kier alpha value is -2.33. The van der Waals surface area contributed by atoms with Crippen molar-refractivity contribution < 1.29 is 0 Å². The van der Waals surface area contributed by atoms with Crippen LogP contribution >= 0.6 is 0 Å². The molecule has 0 fully saturated rings. The predicted molar refractivity (Wildman–Crippen MR) is 102 cm³/mol. The lowest BCUT2D eigenvalue weighted by Gasteiger charge is -2.42. The highest BCUT2D eigenvalue weighted by atomic mass is 15.3. The van der Waals surface area contributed by atoms with Gasteiger partial charge in [-0.15, -0.1) is 0 Å². The first-order valence-electron chi connectivity index (χ1n) is 8.60. The van der Waals surface area contributed by atoms with Crippen molar-refractivity contribution in [3.05, 3.63) is 59.7 Å².